The molecule has 1 unspecified atom stereocenters. The number of nitrogens with zero attached hydrogens (tertiary/aromatic N) is 1. The first-order valence-electron chi connectivity index (χ1n) is 5.99. The Hall–Kier alpha value is -1.27. The van der Waals surface area contributed by atoms with Crippen LogP contribution in [-0.4, -0.2) is 42.9 Å². The van der Waals surface area contributed by atoms with Crippen LogP contribution in [-0.2, 0) is 6.18 Å². The lowest BCUT2D eigenvalue weighted by atomic mass is 10.2. The third kappa shape index (κ3) is 5.48. The Labute approximate surface area is 110 Å². The van der Waals surface area contributed by atoms with Gasteiger partial charge < -0.3 is 14.7 Å². The summed E-state index contributed by atoms with van der Waals surface area (Å²) in [5.41, 5.74) is -0.717. The van der Waals surface area contributed by atoms with Crippen molar-refractivity contribution in [1.82, 2.24) is 4.90 Å². The van der Waals surface area contributed by atoms with Gasteiger partial charge in [-0.3, -0.25) is 0 Å². The van der Waals surface area contributed by atoms with E-state index >= 15 is 0 Å². The van der Waals surface area contributed by atoms with Crippen LogP contribution in [0.5, 0.6) is 5.75 Å². The average Bonchev–Trinajstić information content (AvgIpc) is 2.35. The van der Waals surface area contributed by atoms with Gasteiger partial charge in [0.05, 0.1) is 5.56 Å². The van der Waals surface area contributed by atoms with E-state index in [9.17, 15) is 18.3 Å². The lowest BCUT2D eigenvalue weighted by Crippen LogP contribution is -2.32. The minimum Gasteiger partial charge on any atom is -0.491 e. The van der Waals surface area contributed by atoms with Crippen molar-refractivity contribution in [2.24, 2.45) is 0 Å². The molecule has 19 heavy (non-hydrogen) atoms. The van der Waals surface area contributed by atoms with Crippen LogP contribution in [0.25, 0.3) is 0 Å². The van der Waals surface area contributed by atoms with Crippen molar-refractivity contribution in [1.29, 1.82) is 0 Å². The van der Waals surface area contributed by atoms with Crippen LogP contribution < -0.4 is 4.74 Å². The fourth-order valence-electron chi connectivity index (χ4n) is 1.47. The lowest BCUT2D eigenvalue weighted by molar-refractivity contribution is -0.137. The normalized spacial score (nSPS) is 13.6. The van der Waals surface area contributed by atoms with E-state index in [1.165, 1.54) is 12.1 Å². The second-order valence-corrected chi connectivity index (χ2v) is 4.34. The first-order valence-corrected chi connectivity index (χ1v) is 5.99. The Morgan fingerprint density at radius 3 is 2.32 bits per heavy atom. The molecule has 0 bridgehead atoms. The Bertz CT molecular complexity index is 378. The molecule has 1 rings (SSSR count). The number of ether oxygens (including phenoxy) is 1. The van der Waals surface area contributed by atoms with E-state index in [0.29, 0.717) is 12.3 Å². The monoisotopic (exact) mass is 277 g/mol. The molecule has 0 saturated carbocycles. The predicted octanol–water partition coefficient (Wildman–Crippen LogP) is 2.40. The van der Waals surface area contributed by atoms with Crippen LogP contribution in [0.3, 0.4) is 0 Å². The number of likely N-dealkylation sites (N-methyl/N-ethyl adjacent to an activating group) is 1. The van der Waals surface area contributed by atoms with Crippen LogP contribution in [0, 0.1) is 0 Å². The fourth-order valence-corrected chi connectivity index (χ4v) is 1.47. The summed E-state index contributed by atoms with van der Waals surface area (Å²) in [5, 5.41) is 9.65. The maximum atomic E-state index is 12.3. The average molecular weight is 277 g/mol. The second-order valence-electron chi connectivity index (χ2n) is 4.34. The number of hydrogen-bond acceptors (Lipinski definition) is 3. The van der Waals surface area contributed by atoms with Gasteiger partial charge in [0.1, 0.15) is 18.5 Å². The number of aliphatic hydroxyl groups is 1. The van der Waals surface area contributed by atoms with Crippen molar-refractivity contribution in [3.63, 3.8) is 0 Å². The maximum absolute atomic E-state index is 12.3. The largest absolute Gasteiger partial charge is 0.491 e. The molecule has 1 aromatic carbocycles. The first kappa shape index (κ1) is 15.8. The topological polar surface area (TPSA) is 32.7 Å². The Morgan fingerprint density at radius 1 is 1.26 bits per heavy atom. The summed E-state index contributed by atoms with van der Waals surface area (Å²) in [6.45, 7) is 3.27. The van der Waals surface area contributed by atoms with Gasteiger partial charge in [0, 0.05) is 6.54 Å². The van der Waals surface area contributed by atoms with Gasteiger partial charge in [0.25, 0.3) is 0 Å². The van der Waals surface area contributed by atoms with Crippen LogP contribution in [0.1, 0.15) is 12.5 Å². The molecule has 0 spiro atoms. The van der Waals surface area contributed by atoms with Crippen LogP contribution >= 0.6 is 0 Å². The molecule has 0 saturated heterocycles. The van der Waals surface area contributed by atoms with Gasteiger partial charge in [-0.2, -0.15) is 13.2 Å². The number of alkyl halides is 3. The van der Waals surface area contributed by atoms with E-state index < -0.39 is 17.8 Å². The van der Waals surface area contributed by atoms with Gasteiger partial charge in [-0.05, 0) is 37.9 Å². The Kier molecular flexibility index (Phi) is 5.62. The quantitative estimate of drug-likeness (QED) is 0.866. The number of benzene rings is 1. The highest BCUT2D eigenvalue weighted by atomic mass is 19.4. The molecular weight excluding hydrogens is 259 g/mol. The molecule has 0 fully saturated rings. The highest BCUT2D eigenvalue weighted by Crippen LogP contribution is 2.30. The van der Waals surface area contributed by atoms with E-state index in [2.05, 4.69) is 0 Å². The lowest BCUT2D eigenvalue weighted by Gasteiger charge is -2.19. The molecule has 6 heteroatoms. The van der Waals surface area contributed by atoms with Crippen molar-refractivity contribution < 1.29 is 23.0 Å². The zero-order valence-electron chi connectivity index (χ0n) is 10.9. The van der Waals surface area contributed by atoms with Gasteiger partial charge in [0.15, 0.2) is 0 Å². The summed E-state index contributed by atoms with van der Waals surface area (Å²) in [6, 6.07) is 4.41. The van der Waals surface area contributed by atoms with Crippen LogP contribution in [0.4, 0.5) is 13.2 Å². The Balaban J connectivity index is 2.46. The second kappa shape index (κ2) is 6.77. The zero-order valence-corrected chi connectivity index (χ0v) is 10.9. The van der Waals surface area contributed by atoms with Gasteiger partial charge in [-0.15, -0.1) is 0 Å². The van der Waals surface area contributed by atoms with E-state index in [-0.39, 0.29) is 6.61 Å². The minimum atomic E-state index is -4.35. The molecule has 0 aromatic heterocycles. The molecule has 0 aliphatic carbocycles. The highest BCUT2D eigenvalue weighted by Gasteiger charge is 2.30. The van der Waals surface area contributed by atoms with Crippen molar-refractivity contribution >= 4 is 0 Å². The predicted molar refractivity (Wildman–Crippen MR) is 66.1 cm³/mol. The standard InChI is InChI=1S/C13H18F3NO2/c1-3-17(2)8-11(18)9-19-12-6-4-10(5-7-12)13(14,15)16/h4-7,11,18H,3,8-9H2,1-2H3. The molecule has 108 valence electrons. The Morgan fingerprint density at radius 2 is 1.84 bits per heavy atom. The van der Waals surface area contributed by atoms with Crippen molar-refractivity contribution in [3.05, 3.63) is 29.8 Å². The number of halogens is 3. The fraction of sp³-hybridized carbons (Fsp3) is 0.538. The highest BCUT2D eigenvalue weighted by molar-refractivity contribution is 5.28. The maximum Gasteiger partial charge on any atom is 0.416 e. The molecular formula is C13H18F3NO2. The summed E-state index contributed by atoms with van der Waals surface area (Å²) in [7, 11) is 1.86. The molecule has 1 aromatic rings. The SMILES string of the molecule is CCN(C)CC(O)COc1ccc(C(F)(F)F)cc1. The van der Waals surface area contributed by atoms with Crippen molar-refractivity contribution in [3.8, 4) is 5.75 Å². The molecule has 0 amide bonds. The third-order valence-corrected chi connectivity index (χ3v) is 2.69. The van der Waals surface area contributed by atoms with E-state index in [4.69, 9.17) is 4.74 Å². The number of hydrogen-bond donors (Lipinski definition) is 1. The molecule has 1 N–H and O–H groups in total. The van der Waals surface area contributed by atoms with Gasteiger partial charge >= 0.3 is 6.18 Å². The summed E-state index contributed by atoms with van der Waals surface area (Å²) in [5.74, 6) is 0.311. The number of aliphatic hydroxyl groups excluding tert-OH is 1. The summed E-state index contributed by atoms with van der Waals surface area (Å²) in [4.78, 5) is 1.92. The third-order valence-electron chi connectivity index (χ3n) is 2.69. The zero-order chi connectivity index (χ0) is 14.5. The summed E-state index contributed by atoms with van der Waals surface area (Å²) >= 11 is 0. The first-order chi connectivity index (χ1) is 8.82. The van der Waals surface area contributed by atoms with Crippen molar-refractivity contribution in [2.45, 2.75) is 19.2 Å². The van der Waals surface area contributed by atoms with Crippen LogP contribution in [0.2, 0.25) is 0 Å². The van der Waals surface area contributed by atoms with Crippen LogP contribution in [0.15, 0.2) is 24.3 Å². The van der Waals surface area contributed by atoms with Gasteiger partial charge in [-0.25, -0.2) is 0 Å². The van der Waals surface area contributed by atoms with Gasteiger partial charge in [0.2, 0.25) is 0 Å². The summed E-state index contributed by atoms with van der Waals surface area (Å²) in [6.07, 6.45) is -5.02. The molecule has 0 radical (unpaired) electrons. The molecule has 1 atom stereocenters. The molecule has 0 heterocycles. The van der Waals surface area contributed by atoms with E-state index in [1.807, 2.05) is 18.9 Å². The molecule has 0 aliphatic rings. The molecule has 3 nitrogen and oxygen atoms in total. The number of rotatable bonds is 6. The van der Waals surface area contributed by atoms with Crippen molar-refractivity contribution in [2.75, 3.05) is 26.7 Å². The van der Waals surface area contributed by atoms with E-state index in [1.54, 1.807) is 0 Å². The van der Waals surface area contributed by atoms with Gasteiger partial charge in [-0.1, -0.05) is 6.92 Å². The summed E-state index contributed by atoms with van der Waals surface area (Å²) < 4.78 is 42.2. The minimum absolute atomic E-state index is 0.0513. The molecule has 0 aliphatic heterocycles. The smallest absolute Gasteiger partial charge is 0.416 e. The van der Waals surface area contributed by atoms with E-state index in [0.717, 1.165) is 18.7 Å².